The highest BCUT2D eigenvalue weighted by atomic mass is 16.5. The predicted octanol–water partition coefficient (Wildman–Crippen LogP) is 2.66. The van der Waals surface area contributed by atoms with Crippen LogP contribution < -0.4 is 4.74 Å². The number of carbonyl (C=O) groups is 1. The van der Waals surface area contributed by atoms with Gasteiger partial charge in [0.1, 0.15) is 5.75 Å². The number of aryl methyl sites for hydroxylation is 2. The van der Waals surface area contributed by atoms with Crippen molar-refractivity contribution >= 4 is 5.78 Å². The lowest BCUT2D eigenvalue weighted by atomic mass is 9.99. The Balaban J connectivity index is 2.58. The van der Waals surface area contributed by atoms with Crippen molar-refractivity contribution in [1.29, 1.82) is 0 Å². The molecule has 0 saturated heterocycles. The van der Waals surface area contributed by atoms with Crippen molar-refractivity contribution in [2.24, 2.45) is 0 Å². The molecule has 0 unspecified atom stereocenters. The number of rotatable bonds is 0. The molecule has 0 radical (unpaired) electrons. The minimum absolute atomic E-state index is 0.218. The van der Waals surface area contributed by atoms with Gasteiger partial charge in [-0.1, -0.05) is 6.07 Å². The number of fused-ring (bicyclic) bond motifs is 1. The standard InChI is InChI=1S/C12H14O2/c1-8-6-9(2)12-10(13)4-3-5-14-11(12)7-8/h6-7H,3-5H2,1-2H3. The molecule has 2 rings (SSSR count). The van der Waals surface area contributed by atoms with Crippen molar-refractivity contribution in [3.63, 3.8) is 0 Å². The Labute approximate surface area is 83.9 Å². The average Bonchev–Trinajstić information content (AvgIpc) is 2.27. The van der Waals surface area contributed by atoms with Crippen LogP contribution in [0.5, 0.6) is 5.75 Å². The van der Waals surface area contributed by atoms with E-state index in [9.17, 15) is 4.79 Å². The summed E-state index contributed by atoms with van der Waals surface area (Å²) in [6.07, 6.45) is 1.43. The fourth-order valence-electron chi connectivity index (χ4n) is 1.94. The van der Waals surface area contributed by atoms with E-state index in [0.717, 1.165) is 28.9 Å². The average molecular weight is 190 g/mol. The largest absolute Gasteiger partial charge is 0.493 e. The summed E-state index contributed by atoms with van der Waals surface area (Å²) in [6, 6.07) is 3.98. The molecule has 1 aliphatic rings. The first kappa shape index (κ1) is 9.25. The predicted molar refractivity (Wildman–Crippen MR) is 55.0 cm³/mol. The molecule has 0 atom stereocenters. The summed E-state index contributed by atoms with van der Waals surface area (Å²) in [5.74, 6) is 0.986. The van der Waals surface area contributed by atoms with Gasteiger partial charge in [-0.2, -0.15) is 0 Å². The van der Waals surface area contributed by atoms with Crippen molar-refractivity contribution in [3.8, 4) is 5.75 Å². The topological polar surface area (TPSA) is 26.3 Å². The second kappa shape index (κ2) is 3.45. The van der Waals surface area contributed by atoms with E-state index < -0.39 is 0 Å². The maximum Gasteiger partial charge on any atom is 0.166 e. The zero-order valence-electron chi connectivity index (χ0n) is 8.59. The SMILES string of the molecule is Cc1cc(C)c2c(c1)OCCCC2=O. The lowest BCUT2D eigenvalue weighted by Gasteiger charge is -2.09. The van der Waals surface area contributed by atoms with Crippen LogP contribution in [0.3, 0.4) is 0 Å². The van der Waals surface area contributed by atoms with Gasteiger partial charge in [-0.3, -0.25) is 4.79 Å². The van der Waals surface area contributed by atoms with Gasteiger partial charge in [0.2, 0.25) is 0 Å². The maximum absolute atomic E-state index is 11.8. The number of ether oxygens (including phenoxy) is 1. The van der Waals surface area contributed by atoms with Gasteiger partial charge in [0.25, 0.3) is 0 Å². The highest BCUT2D eigenvalue weighted by Crippen LogP contribution is 2.28. The Hall–Kier alpha value is -1.31. The third-order valence-electron chi connectivity index (χ3n) is 2.53. The summed E-state index contributed by atoms with van der Waals surface area (Å²) in [5.41, 5.74) is 2.97. The smallest absolute Gasteiger partial charge is 0.166 e. The van der Waals surface area contributed by atoms with Crippen LogP contribution >= 0.6 is 0 Å². The van der Waals surface area contributed by atoms with E-state index in [4.69, 9.17) is 4.74 Å². The highest BCUT2D eigenvalue weighted by Gasteiger charge is 2.18. The van der Waals surface area contributed by atoms with Crippen LogP contribution in [0, 0.1) is 13.8 Å². The number of benzene rings is 1. The zero-order chi connectivity index (χ0) is 10.1. The van der Waals surface area contributed by atoms with E-state index in [1.54, 1.807) is 0 Å². The number of Topliss-reactive ketones (excluding diaryl/α,β-unsaturated/α-hetero) is 1. The van der Waals surface area contributed by atoms with Crippen molar-refractivity contribution in [1.82, 2.24) is 0 Å². The molecule has 0 N–H and O–H groups in total. The maximum atomic E-state index is 11.8. The summed E-state index contributed by atoms with van der Waals surface area (Å²) in [7, 11) is 0. The first-order chi connectivity index (χ1) is 6.68. The van der Waals surface area contributed by atoms with Crippen LogP contribution in [-0.4, -0.2) is 12.4 Å². The molecule has 2 heteroatoms. The summed E-state index contributed by atoms with van der Waals surface area (Å²) in [5, 5.41) is 0. The second-order valence-electron chi connectivity index (χ2n) is 3.83. The summed E-state index contributed by atoms with van der Waals surface area (Å²) < 4.78 is 5.56. The van der Waals surface area contributed by atoms with Crippen molar-refractivity contribution < 1.29 is 9.53 Å². The van der Waals surface area contributed by atoms with Crippen LogP contribution in [-0.2, 0) is 0 Å². The lowest BCUT2D eigenvalue weighted by molar-refractivity contribution is 0.0982. The van der Waals surface area contributed by atoms with E-state index in [-0.39, 0.29) is 5.78 Å². The summed E-state index contributed by atoms with van der Waals surface area (Å²) in [6.45, 7) is 4.64. The molecule has 0 saturated carbocycles. The van der Waals surface area contributed by atoms with E-state index in [1.165, 1.54) is 0 Å². The number of ketones is 1. The van der Waals surface area contributed by atoms with Crippen LogP contribution in [0.25, 0.3) is 0 Å². The van der Waals surface area contributed by atoms with Crippen molar-refractivity contribution in [3.05, 3.63) is 28.8 Å². The van der Waals surface area contributed by atoms with E-state index in [1.807, 2.05) is 26.0 Å². The molecule has 1 aromatic carbocycles. The first-order valence-corrected chi connectivity index (χ1v) is 4.96. The Morgan fingerprint density at radius 3 is 2.86 bits per heavy atom. The molecule has 0 spiro atoms. The Morgan fingerprint density at radius 1 is 1.29 bits per heavy atom. The minimum atomic E-state index is 0.218. The van der Waals surface area contributed by atoms with Gasteiger partial charge in [-0.15, -0.1) is 0 Å². The zero-order valence-corrected chi connectivity index (χ0v) is 8.59. The molecule has 1 heterocycles. The van der Waals surface area contributed by atoms with Gasteiger partial charge in [0.15, 0.2) is 5.78 Å². The molecular weight excluding hydrogens is 176 g/mol. The van der Waals surface area contributed by atoms with E-state index >= 15 is 0 Å². The molecule has 14 heavy (non-hydrogen) atoms. The summed E-state index contributed by atoms with van der Waals surface area (Å²) in [4.78, 5) is 11.8. The summed E-state index contributed by atoms with van der Waals surface area (Å²) >= 11 is 0. The molecule has 0 amide bonds. The first-order valence-electron chi connectivity index (χ1n) is 4.96. The van der Waals surface area contributed by atoms with Crippen molar-refractivity contribution in [2.75, 3.05) is 6.61 Å². The number of hydrogen-bond acceptors (Lipinski definition) is 2. The molecule has 0 fully saturated rings. The molecule has 0 bridgehead atoms. The highest BCUT2D eigenvalue weighted by molar-refractivity contribution is 6.00. The second-order valence-corrected chi connectivity index (χ2v) is 3.83. The lowest BCUT2D eigenvalue weighted by Crippen LogP contribution is -2.01. The van der Waals surface area contributed by atoms with Gasteiger partial charge in [0.05, 0.1) is 12.2 Å². The van der Waals surface area contributed by atoms with Gasteiger partial charge in [-0.25, -0.2) is 0 Å². The Kier molecular flexibility index (Phi) is 2.28. The normalized spacial score (nSPS) is 15.7. The molecule has 1 aromatic rings. The minimum Gasteiger partial charge on any atom is -0.493 e. The Bertz CT molecular complexity index is 380. The molecule has 0 aromatic heterocycles. The van der Waals surface area contributed by atoms with Gasteiger partial charge in [0, 0.05) is 6.42 Å². The van der Waals surface area contributed by atoms with Gasteiger partial charge >= 0.3 is 0 Å². The Morgan fingerprint density at radius 2 is 2.07 bits per heavy atom. The monoisotopic (exact) mass is 190 g/mol. The van der Waals surface area contributed by atoms with Gasteiger partial charge in [-0.05, 0) is 37.5 Å². The van der Waals surface area contributed by atoms with E-state index in [2.05, 4.69) is 0 Å². The third-order valence-corrected chi connectivity index (χ3v) is 2.53. The fraction of sp³-hybridized carbons (Fsp3) is 0.417. The quantitative estimate of drug-likeness (QED) is 0.628. The van der Waals surface area contributed by atoms with E-state index in [0.29, 0.717) is 13.0 Å². The third kappa shape index (κ3) is 1.52. The van der Waals surface area contributed by atoms with Gasteiger partial charge < -0.3 is 4.74 Å². The molecular formula is C12H14O2. The number of hydrogen-bond donors (Lipinski definition) is 0. The number of carbonyl (C=O) groups excluding carboxylic acids is 1. The van der Waals surface area contributed by atoms with Crippen LogP contribution in [0.4, 0.5) is 0 Å². The molecule has 74 valence electrons. The molecule has 0 aliphatic carbocycles. The molecule has 1 aliphatic heterocycles. The fourth-order valence-corrected chi connectivity index (χ4v) is 1.94. The van der Waals surface area contributed by atoms with Crippen LogP contribution in [0.15, 0.2) is 12.1 Å². The van der Waals surface area contributed by atoms with Crippen molar-refractivity contribution in [2.45, 2.75) is 26.7 Å². The van der Waals surface area contributed by atoms with Crippen LogP contribution in [0.2, 0.25) is 0 Å². The van der Waals surface area contributed by atoms with Crippen LogP contribution in [0.1, 0.15) is 34.3 Å². The molecule has 2 nitrogen and oxygen atoms in total.